The number of rotatable bonds is 3. The maximum absolute atomic E-state index is 12.4. The van der Waals surface area contributed by atoms with Crippen LogP contribution in [0.3, 0.4) is 0 Å². The monoisotopic (exact) mass is 329 g/mol. The molecule has 0 aliphatic heterocycles. The maximum atomic E-state index is 12.4. The minimum Gasteiger partial charge on any atom is -0.507 e. The number of phenolic OH excluding ortho intramolecular Hbond substituents is 1. The average molecular weight is 329 g/mol. The number of aromatic hydroxyl groups is 1. The molecule has 1 heterocycles. The summed E-state index contributed by atoms with van der Waals surface area (Å²) in [6, 6.07) is 22.0. The molecular formula is C21H15NO3. The first-order valence-electron chi connectivity index (χ1n) is 7.89. The number of fused-ring (bicyclic) bond motifs is 1. The number of hydrogen-bond acceptors (Lipinski definition) is 3. The Morgan fingerprint density at radius 3 is 2.48 bits per heavy atom. The van der Waals surface area contributed by atoms with Crippen molar-refractivity contribution in [3.63, 3.8) is 0 Å². The van der Waals surface area contributed by atoms with Crippen LogP contribution in [-0.4, -0.2) is 11.0 Å². The lowest BCUT2D eigenvalue weighted by molar-refractivity contribution is 0.0996. The second-order valence-corrected chi connectivity index (χ2v) is 5.66. The Kier molecular flexibility index (Phi) is 3.71. The van der Waals surface area contributed by atoms with Gasteiger partial charge in [0.1, 0.15) is 5.75 Å². The number of phenols is 1. The molecule has 4 rings (SSSR count). The van der Waals surface area contributed by atoms with Crippen molar-refractivity contribution in [2.24, 2.45) is 0 Å². The number of hydrogen-bond donors (Lipinski definition) is 2. The molecule has 0 aliphatic carbocycles. The number of benzene rings is 3. The average Bonchev–Trinajstić information content (AvgIpc) is 3.17. The van der Waals surface area contributed by atoms with Gasteiger partial charge in [-0.15, -0.1) is 0 Å². The van der Waals surface area contributed by atoms with Gasteiger partial charge >= 0.3 is 0 Å². The molecule has 0 radical (unpaired) electrons. The van der Waals surface area contributed by atoms with Crippen LogP contribution >= 0.6 is 0 Å². The molecular weight excluding hydrogens is 314 g/mol. The van der Waals surface area contributed by atoms with Gasteiger partial charge in [0, 0.05) is 16.8 Å². The molecule has 0 aliphatic rings. The van der Waals surface area contributed by atoms with Gasteiger partial charge in [-0.25, -0.2) is 0 Å². The van der Waals surface area contributed by atoms with Crippen LogP contribution in [0.2, 0.25) is 0 Å². The highest BCUT2D eigenvalue weighted by Gasteiger charge is 2.16. The van der Waals surface area contributed by atoms with Crippen molar-refractivity contribution < 1.29 is 14.3 Å². The summed E-state index contributed by atoms with van der Waals surface area (Å²) < 4.78 is 5.16. The molecule has 0 saturated carbocycles. The summed E-state index contributed by atoms with van der Waals surface area (Å²) in [7, 11) is 0. The van der Waals surface area contributed by atoms with E-state index in [1.165, 1.54) is 6.26 Å². The van der Waals surface area contributed by atoms with Crippen molar-refractivity contribution in [2.75, 3.05) is 5.32 Å². The van der Waals surface area contributed by atoms with Crippen molar-refractivity contribution >= 4 is 22.4 Å². The van der Waals surface area contributed by atoms with E-state index >= 15 is 0 Å². The Hall–Kier alpha value is -3.53. The summed E-state index contributed by atoms with van der Waals surface area (Å²) in [5, 5.41) is 15.2. The smallest absolute Gasteiger partial charge is 0.291 e. The van der Waals surface area contributed by atoms with Gasteiger partial charge in [-0.05, 0) is 35.0 Å². The quantitative estimate of drug-likeness (QED) is 0.552. The third kappa shape index (κ3) is 2.74. The van der Waals surface area contributed by atoms with Crippen molar-refractivity contribution in [2.45, 2.75) is 0 Å². The minimum absolute atomic E-state index is 0.160. The van der Waals surface area contributed by atoms with Gasteiger partial charge in [-0.3, -0.25) is 4.79 Å². The molecule has 0 saturated heterocycles. The van der Waals surface area contributed by atoms with E-state index in [-0.39, 0.29) is 17.4 Å². The molecule has 4 nitrogen and oxygen atoms in total. The molecule has 0 spiro atoms. The topological polar surface area (TPSA) is 62.5 Å². The lowest BCUT2D eigenvalue weighted by atomic mass is 9.95. The highest BCUT2D eigenvalue weighted by atomic mass is 16.3. The lowest BCUT2D eigenvalue weighted by Crippen LogP contribution is -2.11. The Morgan fingerprint density at radius 2 is 1.68 bits per heavy atom. The van der Waals surface area contributed by atoms with Gasteiger partial charge in [0.2, 0.25) is 0 Å². The second kappa shape index (κ2) is 6.17. The predicted octanol–water partition coefficient (Wildman–Crippen LogP) is 5.06. The van der Waals surface area contributed by atoms with Crippen LogP contribution in [0, 0.1) is 0 Å². The summed E-state index contributed by atoms with van der Waals surface area (Å²) in [4.78, 5) is 12.4. The zero-order chi connectivity index (χ0) is 17.2. The summed E-state index contributed by atoms with van der Waals surface area (Å²) >= 11 is 0. The molecule has 0 bridgehead atoms. The van der Waals surface area contributed by atoms with Crippen LogP contribution in [0.15, 0.2) is 83.5 Å². The van der Waals surface area contributed by atoms with E-state index in [4.69, 9.17) is 4.42 Å². The standard InChI is InChI=1S/C21H15NO3/c23-18-9-4-3-8-16(18)20-15-7-2-1-6-14(15)11-12-17(20)22-21(24)19-10-5-13-25-19/h1-13,23H,(H,22,24). The van der Waals surface area contributed by atoms with Crippen LogP contribution in [0.25, 0.3) is 21.9 Å². The molecule has 4 heteroatoms. The van der Waals surface area contributed by atoms with Crippen LogP contribution in [0.4, 0.5) is 5.69 Å². The molecule has 2 N–H and O–H groups in total. The van der Waals surface area contributed by atoms with Gasteiger partial charge in [0.15, 0.2) is 5.76 Å². The summed E-state index contributed by atoms with van der Waals surface area (Å²) in [6.07, 6.45) is 1.46. The number of furan rings is 1. The van der Waals surface area contributed by atoms with Crippen LogP contribution < -0.4 is 5.32 Å². The van der Waals surface area contributed by atoms with Gasteiger partial charge in [0.05, 0.1) is 6.26 Å². The fourth-order valence-electron chi connectivity index (χ4n) is 2.94. The first-order valence-corrected chi connectivity index (χ1v) is 7.89. The molecule has 1 amide bonds. The predicted molar refractivity (Wildman–Crippen MR) is 97.7 cm³/mol. The van der Waals surface area contributed by atoms with E-state index in [0.717, 1.165) is 16.3 Å². The molecule has 0 atom stereocenters. The number of anilines is 1. The minimum atomic E-state index is -0.336. The molecule has 3 aromatic carbocycles. The highest BCUT2D eigenvalue weighted by Crippen LogP contribution is 2.39. The van der Waals surface area contributed by atoms with E-state index in [0.29, 0.717) is 11.3 Å². The summed E-state index contributed by atoms with van der Waals surface area (Å²) in [5.74, 6) is 0.0562. The van der Waals surface area contributed by atoms with Crippen molar-refractivity contribution in [1.29, 1.82) is 0 Å². The van der Waals surface area contributed by atoms with Gasteiger partial charge < -0.3 is 14.8 Å². The fourth-order valence-corrected chi connectivity index (χ4v) is 2.94. The van der Waals surface area contributed by atoms with Gasteiger partial charge in [-0.1, -0.05) is 48.5 Å². The van der Waals surface area contributed by atoms with E-state index in [9.17, 15) is 9.90 Å². The normalized spacial score (nSPS) is 10.7. The fraction of sp³-hybridized carbons (Fsp3) is 0. The molecule has 122 valence electrons. The summed E-state index contributed by atoms with van der Waals surface area (Å²) in [5.41, 5.74) is 2.05. The number of nitrogens with one attached hydrogen (secondary N) is 1. The van der Waals surface area contributed by atoms with Crippen LogP contribution in [0.5, 0.6) is 5.75 Å². The van der Waals surface area contributed by atoms with E-state index in [1.54, 1.807) is 24.3 Å². The molecule has 1 aromatic heterocycles. The van der Waals surface area contributed by atoms with E-state index in [2.05, 4.69) is 5.32 Å². The lowest BCUT2D eigenvalue weighted by Gasteiger charge is -2.15. The zero-order valence-corrected chi connectivity index (χ0v) is 13.3. The van der Waals surface area contributed by atoms with Crippen molar-refractivity contribution in [1.82, 2.24) is 0 Å². The second-order valence-electron chi connectivity index (χ2n) is 5.66. The first-order chi connectivity index (χ1) is 12.2. The largest absolute Gasteiger partial charge is 0.507 e. The number of amides is 1. The van der Waals surface area contributed by atoms with Crippen molar-refractivity contribution in [3.8, 4) is 16.9 Å². The first kappa shape index (κ1) is 15.0. The van der Waals surface area contributed by atoms with Gasteiger partial charge in [-0.2, -0.15) is 0 Å². The van der Waals surface area contributed by atoms with Crippen LogP contribution in [-0.2, 0) is 0 Å². The zero-order valence-electron chi connectivity index (χ0n) is 13.3. The van der Waals surface area contributed by atoms with Crippen molar-refractivity contribution in [3.05, 3.63) is 84.8 Å². The Bertz CT molecular complexity index is 1050. The van der Waals surface area contributed by atoms with Crippen LogP contribution in [0.1, 0.15) is 10.6 Å². The van der Waals surface area contributed by atoms with E-state index < -0.39 is 0 Å². The number of carbonyl (C=O) groups excluding carboxylic acids is 1. The molecule has 25 heavy (non-hydrogen) atoms. The van der Waals surface area contributed by atoms with Gasteiger partial charge in [0.25, 0.3) is 5.91 Å². The molecule has 0 fully saturated rings. The maximum Gasteiger partial charge on any atom is 0.291 e. The molecule has 0 unspecified atom stereocenters. The number of para-hydroxylation sites is 1. The Balaban J connectivity index is 1.91. The Labute approximate surface area is 144 Å². The highest BCUT2D eigenvalue weighted by molar-refractivity contribution is 6.10. The SMILES string of the molecule is O=C(Nc1ccc2ccccc2c1-c1ccccc1O)c1ccco1. The third-order valence-electron chi connectivity index (χ3n) is 4.10. The molecule has 4 aromatic rings. The summed E-state index contributed by atoms with van der Waals surface area (Å²) in [6.45, 7) is 0. The third-order valence-corrected chi connectivity index (χ3v) is 4.10. The Morgan fingerprint density at radius 1 is 0.880 bits per heavy atom. The number of carbonyl (C=O) groups is 1. The van der Waals surface area contributed by atoms with E-state index in [1.807, 2.05) is 48.5 Å².